The van der Waals surface area contributed by atoms with Crippen LogP contribution >= 0.6 is 0 Å². The molecule has 0 aromatic heterocycles. The van der Waals surface area contributed by atoms with Crippen LogP contribution in [-0.2, 0) is 14.3 Å². The Morgan fingerprint density at radius 3 is 2.93 bits per heavy atom. The highest BCUT2D eigenvalue weighted by Gasteiger charge is 2.28. The van der Waals surface area contributed by atoms with E-state index in [1.165, 1.54) is 5.57 Å². The maximum Gasteiger partial charge on any atom is 0.251 e. The monoisotopic (exact) mass is 209 g/mol. The van der Waals surface area contributed by atoms with Gasteiger partial charge in [0.1, 0.15) is 11.9 Å². The zero-order chi connectivity index (χ0) is 10.8. The SMILES string of the molecule is COC1=CC2=C(CCNC2=O)CC1OC. The number of amides is 1. The van der Waals surface area contributed by atoms with E-state index < -0.39 is 0 Å². The standard InChI is InChI=1S/C11H15NO3/c1-14-9-5-7-3-4-12-11(13)8(7)6-10(9)15-2/h6,9H,3-5H2,1-2H3,(H,12,13). The first-order valence-corrected chi connectivity index (χ1v) is 5.05. The molecule has 0 spiro atoms. The Labute approximate surface area is 88.9 Å². The van der Waals surface area contributed by atoms with Crippen LogP contribution in [0.1, 0.15) is 12.8 Å². The van der Waals surface area contributed by atoms with Gasteiger partial charge in [0.2, 0.25) is 0 Å². The Balaban J connectivity index is 2.32. The predicted molar refractivity (Wildman–Crippen MR) is 55.2 cm³/mol. The second-order valence-corrected chi connectivity index (χ2v) is 3.70. The Hall–Kier alpha value is -1.29. The van der Waals surface area contributed by atoms with Gasteiger partial charge >= 0.3 is 0 Å². The number of rotatable bonds is 2. The number of carbonyl (C=O) groups excluding carboxylic acids is 1. The number of hydrogen-bond donors (Lipinski definition) is 1. The van der Waals surface area contributed by atoms with E-state index in [4.69, 9.17) is 9.47 Å². The summed E-state index contributed by atoms with van der Waals surface area (Å²) in [6.45, 7) is 0.726. The van der Waals surface area contributed by atoms with Crippen molar-refractivity contribution in [3.8, 4) is 0 Å². The fourth-order valence-corrected chi connectivity index (χ4v) is 2.05. The van der Waals surface area contributed by atoms with Crippen molar-refractivity contribution in [2.24, 2.45) is 0 Å². The molecule has 2 aliphatic rings. The first-order chi connectivity index (χ1) is 7.26. The van der Waals surface area contributed by atoms with E-state index in [1.54, 1.807) is 20.3 Å². The summed E-state index contributed by atoms with van der Waals surface area (Å²) in [4.78, 5) is 11.6. The van der Waals surface area contributed by atoms with Gasteiger partial charge < -0.3 is 14.8 Å². The molecule has 82 valence electrons. The average molecular weight is 209 g/mol. The minimum atomic E-state index is -0.0420. The molecular weight excluding hydrogens is 194 g/mol. The Bertz CT molecular complexity index is 344. The second kappa shape index (κ2) is 4.06. The van der Waals surface area contributed by atoms with Crippen molar-refractivity contribution in [2.45, 2.75) is 18.9 Å². The van der Waals surface area contributed by atoms with Gasteiger partial charge in [0, 0.05) is 25.6 Å². The Morgan fingerprint density at radius 1 is 1.47 bits per heavy atom. The Kier molecular flexibility index (Phi) is 2.77. The molecule has 0 radical (unpaired) electrons. The third kappa shape index (κ3) is 1.77. The first kappa shape index (κ1) is 10.2. The Morgan fingerprint density at radius 2 is 2.27 bits per heavy atom. The van der Waals surface area contributed by atoms with Gasteiger partial charge in [0.25, 0.3) is 5.91 Å². The molecule has 1 aliphatic carbocycles. The number of ether oxygens (including phenoxy) is 2. The minimum Gasteiger partial charge on any atom is -0.498 e. The summed E-state index contributed by atoms with van der Waals surface area (Å²) in [6, 6.07) is 0. The number of nitrogens with one attached hydrogen (secondary N) is 1. The predicted octanol–water partition coefficient (Wildman–Crippen LogP) is 0.752. The van der Waals surface area contributed by atoms with E-state index in [-0.39, 0.29) is 12.0 Å². The van der Waals surface area contributed by atoms with Crippen LogP contribution in [0, 0.1) is 0 Å². The molecule has 1 heterocycles. The van der Waals surface area contributed by atoms with Crippen LogP contribution in [0.5, 0.6) is 0 Å². The highest BCUT2D eigenvalue weighted by molar-refractivity contribution is 5.98. The van der Waals surface area contributed by atoms with E-state index in [0.29, 0.717) is 0 Å². The highest BCUT2D eigenvalue weighted by atomic mass is 16.5. The lowest BCUT2D eigenvalue weighted by molar-refractivity contribution is -0.117. The molecule has 4 nitrogen and oxygen atoms in total. The van der Waals surface area contributed by atoms with Gasteiger partial charge in [-0.2, -0.15) is 0 Å². The lowest BCUT2D eigenvalue weighted by Gasteiger charge is -2.28. The van der Waals surface area contributed by atoms with E-state index in [1.807, 2.05) is 0 Å². The summed E-state index contributed by atoms with van der Waals surface area (Å²) >= 11 is 0. The third-order valence-electron chi connectivity index (χ3n) is 2.89. The minimum absolute atomic E-state index is 0.000327. The maximum absolute atomic E-state index is 11.6. The third-order valence-corrected chi connectivity index (χ3v) is 2.89. The molecular formula is C11H15NO3. The van der Waals surface area contributed by atoms with E-state index >= 15 is 0 Å². The lowest BCUT2D eigenvalue weighted by atomic mass is 9.89. The molecule has 0 saturated carbocycles. The van der Waals surface area contributed by atoms with E-state index in [2.05, 4.69) is 5.32 Å². The van der Waals surface area contributed by atoms with Crippen LogP contribution < -0.4 is 5.32 Å². The van der Waals surface area contributed by atoms with E-state index in [9.17, 15) is 4.79 Å². The van der Waals surface area contributed by atoms with Crippen LogP contribution in [-0.4, -0.2) is 32.8 Å². The number of carbonyl (C=O) groups is 1. The maximum atomic E-state index is 11.6. The molecule has 1 amide bonds. The van der Waals surface area contributed by atoms with Crippen LogP contribution in [0.3, 0.4) is 0 Å². The van der Waals surface area contributed by atoms with Gasteiger partial charge in [0.05, 0.1) is 7.11 Å². The second-order valence-electron chi connectivity index (χ2n) is 3.70. The molecule has 1 aliphatic heterocycles. The normalized spacial score (nSPS) is 25.6. The fourth-order valence-electron chi connectivity index (χ4n) is 2.05. The molecule has 0 bridgehead atoms. The van der Waals surface area contributed by atoms with Crippen molar-refractivity contribution >= 4 is 5.91 Å². The topological polar surface area (TPSA) is 47.6 Å². The summed E-state index contributed by atoms with van der Waals surface area (Å²) in [5, 5.41) is 2.82. The zero-order valence-corrected chi connectivity index (χ0v) is 9.00. The number of hydrogen-bond acceptors (Lipinski definition) is 3. The van der Waals surface area contributed by atoms with Crippen molar-refractivity contribution in [2.75, 3.05) is 20.8 Å². The fraction of sp³-hybridized carbons (Fsp3) is 0.545. The number of methoxy groups -OCH3 is 2. The van der Waals surface area contributed by atoms with Crippen molar-refractivity contribution in [3.05, 3.63) is 23.0 Å². The van der Waals surface area contributed by atoms with Crippen molar-refractivity contribution < 1.29 is 14.3 Å². The highest BCUT2D eigenvalue weighted by Crippen LogP contribution is 2.30. The van der Waals surface area contributed by atoms with Crippen molar-refractivity contribution in [1.82, 2.24) is 5.32 Å². The molecule has 4 heteroatoms. The molecule has 0 saturated heterocycles. The summed E-state index contributed by atoms with van der Waals surface area (Å²) in [6.07, 6.45) is 3.43. The lowest BCUT2D eigenvalue weighted by Crippen LogP contribution is -2.34. The summed E-state index contributed by atoms with van der Waals surface area (Å²) in [7, 11) is 3.26. The van der Waals surface area contributed by atoms with Gasteiger partial charge in [-0.3, -0.25) is 4.79 Å². The van der Waals surface area contributed by atoms with Crippen LogP contribution in [0.2, 0.25) is 0 Å². The molecule has 1 N–H and O–H groups in total. The van der Waals surface area contributed by atoms with E-state index in [0.717, 1.165) is 30.7 Å². The summed E-state index contributed by atoms with van der Waals surface area (Å²) in [5.74, 6) is 0.730. The first-order valence-electron chi connectivity index (χ1n) is 5.05. The van der Waals surface area contributed by atoms with Crippen molar-refractivity contribution in [1.29, 1.82) is 0 Å². The zero-order valence-electron chi connectivity index (χ0n) is 9.00. The van der Waals surface area contributed by atoms with Crippen LogP contribution in [0.15, 0.2) is 23.0 Å². The van der Waals surface area contributed by atoms with Gasteiger partial charge in [-0.1, -0.05) is 5.57 Å². The summed E-state index contributed by atoms with van der Waals surface area (Å²) < 4.78 is 10.5. The quantitative estimate of drug-likeness (QED) is 0.730. The van der Waals surface area contributed by atoms with Gasteiger partial charge in [-0.05, 0) is 12.5 Å². The smallest absolute Gasteiger partial charge is 0.251 e. The van der Waals surface area contributed by atoms with Gasteiger partial charge in [-0.15, -0.1) is 0 Å². The van der Waals surface area contributed by atoms with Gasteiger partial charge in [0.15, 0.2) is 0 Å². The molecule has 0 aromatic rings. The van der Waals surface area contributed by atoms with Gasteiger partial charge in [-0.25, -0.2) is 0 Å². The van der Waals surface area contributed by atoms with Crippen molar-refractivity contribution in [3.63, 3.8) is 0 Å². The molecule has 1 unspecified atom stereocenters. The summed E-state index contributed by atoms with van der Waals surface area (Å²) in [5.41, 5.74) is 1.93. The molecule has 1 atom stereocenters. The average Bonchev–Trinajstić information content (AvgIpc) is 2.28. The molecule has 2 rings (SSSR count). The molecule has 15 heavy (non-hydrogen) atoms. The van der Waals surface area contributed by atoms with Crippen LogP contribution in [0.4, 0.5) is 0 Å². The van der Waals surface area contributed by atoms with Crippen LogP contribution in [0.25, 0.3) is 0 Å². The largest absolute Gasteiger partial charge is 0.498 e. The molecule has 0 fully saturated rings. The molecule has 0 aromatic carbocycles.